The fourth-order valence-corrected chi connectivity index (χ4v) is 2.12. The first-order valence-electron chi connectivity index (χ1n) is 7.29. The van der Waals surface area contributed by atoms with Crippen LogP contribution >= 0.6 is 0 Å². The highest BCUT2D eigenvalue weighted by Crippen LogP contribution is 2.23. The fourth-order valence-electron chi connectivity index (χ4n) is 2.12. The van der Waals surface area contributed by atoms with Gasteiger partial charge in [0.25, 0.3) is 6.09 Å². The molecule has 2 atom stereocenters. The molecule has 7 heteroatoms. The average Bonchev–Trinajstić information content (AvgIpc) is 2.50. The van der Waals surface area contributed by atoms with Gasteiger partial charge in [0, 0.05) is 0 Å². The zero-order valence-electron chi connectivity index (χ0n) is 13.2. The van der Waals surface area contributed by atoms with Crippen molar-refractivity contribution in [2.75, 3.05) is 6.61 Å². The summed E-state index contributed by atoms with van der Waals surface area (Å²) in [5.41, 5.74) is 7.36. The molecule has 2 unspecified atom stereocenters. The van der Waals surface area contributed by atoms with E-state index >= 15 is 0 Å². The zero-order chi connectivity index (χ0) is 16.5. The van der Waals surface area contributed by atoms with E-state index in [0.29, 0.717) is 23.1 Å². The van der Waals surface area contributed by atoms with Gasteiger partial charge in [-0.3, -0.25) is 0 Å². The highest BCUT2D eigenvalue weighted by atomic mass is 16.5. The van der Waals surface area contributed by atoms with Gasteiger partial charge in [-0.15, -0.1) is 0 Å². The van der Waals surface area contributed by atoms with E-state index in [-0.39, 0.29) is 0 Å². The molecular weight excluding hydrogens is 284 g/mol. The first-order valence-corrected chi connectivity index (χ1v) is 7.29. The molecule has 0 saturated heterocycles. The summed E-state index contributed by atoms with van der Waals surface area (Å²) < 4.78 is 5.70. The summed E-state index contributed by atoms with van der Waals surface area (Å²) in [5.74, 6) is 1.23. The van der Waals surface area contributed by atoms with Crippen molar-refractivity contribution in [3.8, 4) is 5.75 Å². The van der Waals surface area contributed by atoms with Crippen LogP contribution in [0.25, 0.3) is 0 Å². The maximum absolute atomic E-state index is 11.0. The highest BCUT2D eigenvalue weighted by molar-refractivity contribution is 5.62. The lowest BCUT2D eigenvalue weighted by Gasteiger charge is -2.17. The standard InChI is InChI=1S/C15H22N4O3/c1-4-5-11(2)10-22-14-8-6-13(7-9-14)12(3)19(15(20)21)18-17-16/h6-9,11-12,16H,4-5,10H2,1-3H3. The van der Waals surface area contributed by atoms with Crippen LogP contribution < -0.4 is 14.8 Å². The number of nitrogens with one attached hydrogen (secondary N) is 1. The van der Waals surface area contributed by atoms with Gasteiger partial charge in [-0.25, -0.2) is 0 Å². The Bertz CT molecular complexity index is 524. The summed E-state index contributed by atoms with van der Waals surface area (Å²) in [7, 11) is 0. The van der Waals surface area contributed by atoms with Crippen molar-refractivity contribution in [2.24, 2.45) is 11.1 Å². The predicted octanol–water partition coefficient (Wildman–Crippen LogP) is 2.67. The molecule has 0 saturated carbocycles. The average molecular weight is 306 g/mol. The number of amides is 1. The van der Waals surface area contributed by atoms with Crippen LogP contribution in [0.15, 0.2) is 29.5 Å². The van der Waals surface area contributed by atoms with E-state index in [1.165, 1.54) is 0 Å². The minimum absolute atomic E-state index is 0.495. The highest BCUT2D eigenvalue weighted by Gasteiger charge is 2.24. The molecule has 1 aromatic carbocycles. The smallest absolute Gasteiger partial charge is 0.266 e. The molecule has 1 aromatic rings. The molecule has 120 valence electrons. The molecule has 0 aliphatic heterocycles. The van der Waals surface area contributed by atoms with Crippen molar-refractivity contribution >= 4 is 6.09 Å². The minimum Gasteiger partial charge on any atom is -0.509 e. The van der Waals surface area contributed by atoms with Crippen LogP contribution in [0.3, 0.4) is 0 Å². The SMILES string of the molecule is CCCC(C)COc1ccc(C(C)N(N=[N+]=N)C(=O)[O-])cc1. The molecule has 7 nitrogen and oxygen atoms in total. The summed E-state index contributed by atoms with van der Waals surface area (Å²) in [6.45, 7) is 6.58. The molecule has 1 rings (SSSR count). The Balaban J connectivity index is 2.71. The third-order valence-corrected chi connectivity index (χ3v) is 3.37. The maximum atomic E-state index is 11.0. The van der Waals surface area contributed by atoms with Gasteiger partial charge in [-0.2, -0.15) is 0 Å². The molecule has 22 heavy (non-hydrogen) atoms. The van der Waals surface area contributed by atoms with Crippen molar-refractivity contribution in [3.05, 3.63) is 29.8 Å². The van der Waals surface area contributed by atoms with Crippen molar-refractivity contribution in [2.45, 2.75) is 39.7 Å². The van der Waals surface area contributed by atoms with E-state index in [1.807, 2.05) is 0 Å². The Morgan fingerprint density at radius 1 is 1.41 bits per heavy atom. The summed E-state index contributed by atoms with van der Waals surface area (Å²) in [5, 5.41) is 14.8. The normalized spacial score (nSPS) is 12.9. The van der Waals surface area contributed by atoms with E-state index in [1.54, 1.807) is 31.2 Å². The number of carboxylic acid groups (broad SMARTS) is 1. The summed E-state index contributed by atoms with van der Waals surface area (Å²) in [6.07, 6.45) is 0.746. The first-order chi connectivity index (χ1) is 10.5. The monoisotopic (exact) mass is 306 g/mol. The topological polar surface area (TPSA) is 103 Å². The van der Waals surface area contributed by atoms with Crippen molar-refractivity contribution in [3.63, 3.8) is 0 Å². The van der Waals surface area contributed by atoms with Crippen molar-refractivity contribution < 1.29 is 14.6 Å². The number of ether oxygens (including phenoxy) is 1. The van der Waals surface area contributed by atoms with Crippen molar-refractivity contribution in [1.82, 2.24) is 9.92 Å². The van der Waals surface area contributed by atoms with Gasteiger partial charge in [0.2, 0.25) is 5.22 Å². The van der Waals surface area contributed by atoms with Gasteiger partial charge >= 0.3 is 0 Å². The Kier molecular flexibility index (Phi) is 7.05. The Hall–Kier alpha value is -2.40. The molecule has 0 aliphatic carbocycles. The number of nitrogens with zero attached hydrogens (tertiary/aromatic N) is 3. The van der Waals surface area contributed by atoms with Crippen LogP contribution in [0.5, 0.6) is 5.75 Å². The second-order valence-corrected chi connectivity index (χ2v) is 5.25. The van der Waals surface area contributed by atoms with E-state index in [0.717, 1.165) is 18.6 Å². The largest absolute Gasteiger partial charge is 0.509 e. The molecule has 0 aliphatic rings. The van der Waals surface area contributed by atoms with E-state index < -0.39 is 12.1 Å². The van der Waals surface area contributed by atoms with Crippen molar-refractivity contribution in [1.29, 1.82) is 5.53 Å². The number of hydrogen-bond acceptors (Lipinski definition) is 5. The van der Waals surface area contributed by atoms with Crippen LogP contribution in [-0.4, -0.2) is 17.7 Å². The van der Waals surface area contributed by atoms with E-state index in [2.05, 4.69) is 24.0 Å². The minimum atomic E-state index is -1.50. The second-order valence-electron chi connectivity index (χ2n) is 5.25. The summed E-state index contributed by atoms with van der Waals surface area (Å²) in [4.78, 5) is 13.7. The zero-order valence-corrected chi connectivity index (χ0v) is 13.2. The molecule has 0 fully saturated rings. The molecule has 1 amide bonds. The number of carbonyl (C=O) groups is 1. The third-order valence-electron chi connectivity index (χ3n) is 3.37. The summed E-state index contributed by atoms with van der Waals surface area (Å²) >= 11 is 0. The first kappa shape index (κ1) is 17.7. The summed E-state index contributed by atoms with van der Waals surface area (Å²) in [6, 6.07) is 6.51. The molecule has 0 aromatic heterocycles. The lowest BCUT2D eigenvalue weighted by Crippen LogP contribution is -2.39. The number of benzene rings is 1. The van der Waals surface area contributed by atoms with Crippen LogP contribution in [0, 0.1) is 11.4 Å². The maximum Gasteiger partial charge on any atom is 0.266 e. The Labute approximate surface area is 130 Å². The van der Waals surface area contributed by atoms with Crippen LogP contribution in [-0.2, 0) is 0 Å². The van der Waals surface area contributed by atoms with Crippen LogP contribution in [0.4, 0.5) is 4.79 Å². The second kappa shape index (κ2) is 8.79. The molecule has 0 spiro atoms. The lowest BCUT2D eigenvalue weighted by molar-refractivity contribution is -0.268. The van der Waals surface area contributed by atoms with Gasteiger partial charge in [0.05, 0.1) is 11.5 Å². The van der Waals surface area contributed by atoms with Gasteiger partial charge in [-0.05, 0) is 42.5 Å². The van der Waals surface area contributed by atoms with Gasteiger partial charge in [0.1, 0.15) is 11.8 Å². The Morgan fingerprint density at radius 3 is 2.55 bits per heavy atom. The van der Waals surface area contributed by atoms with Gasteiger partial charge in [-0.1, -0.05) is 37.4 Å². The lowest BCUT2D eigenvalue weighted by atomic mass is 10.1. The fraction of sp³-hybridized carbons (Fsp3) is 0.533. The van der Waals surface area contributed by atoms with Crippen LogP contribution in [0.1, 0.15) is 45.2 Å². The quantitative estimate of drug-likeness (QED) is 0.453. The third kappa shape index (κ3) is 5.18. The Morgan fingerprint density at radius 2 is 2.05 bits per heavy atom. The molecule has 0 bridgehead atoms. The van der Waals surface area contributed by atoms with E-state index in [4.69, 9.17) is 10.3 Å². The molecule has 0 radical (unpaired) electrons. The van der Waals surface area contributed by atoms with E-state index in [9.17, 15) is 9.90 Å². The number of hydrogen-bond donors (Lipinski definition) is 1. The molecular formula is C15H22N4O3. The molecule has 0 heterocycles. The van der Waals surface area contributed by atoms with Gasteiger partial charge < -0.3 is 14.6 Å². The predicted molar refractivity (Wildman–Crippen MR) is 78.9 cm³/mol. The number of carbonyl (C=O) groups excluding carboxylic acids is 1. The van der Waals surface area contributed by atoms with Gasteiger partial charge in [0.15, 0.2) is 0 Å². The number of rotatable bonds is 8. The molecule has 1 N–H and O–H groups in total. The van der Waals surface area contributed by atoms with Crippen LogP contribution in [0.2, 0.25) is 0 Å².